The van der Waals surface area contributed by atoms with Crippen molar-refractivity contribution in [1.29, 1.82) is 0 Å². The van der Waals surface area contributed by atoms with Gasteiger partial charge in [-0.2, -0.15) is 0 Å². The molecular formula is C13H14N2O3. The third-order valence-electron chi connectivity index (χ3n) is 2.46. The highest BCUT2D eigenvalue weighted by Crippen LogP contribution is 2.11. The van der Waals surface area contributed by atoms with Gasteiger partial charge < -0.3 is 9.52 Å². The van der Waals surface area contributed by atoms with Crippen molar-refractivity contribution in [2.24, 2.45) is 0 Å². The van der Waals surface area contributed by atoms with Crippen LogP contribution in [0.25, 0.3) is 0 Å². The van der Waals surface area contributed by atoms with Gasteiger partial charge in [0.05, 0.1) is 12.2 Å². The number of pyridine rings is 1. The summed E-state index contributed by atoms with van der Waals surface area (Å²) in [6.07, 6.45) is 1.75. The molecule has 0 aliphatic carbocycles. The zero-order valence-electron chi connectivity index (χ0n) is 10.0. The maximum absolute atomic E-state index is 10.7. The number of carbonyl (C=O) groups is 1. The number of aromatic nitrogens is 1. The molecule has 0 spiro atoms. The molecule has 0 bridgehead atoms. The van der Waals surface area contributed by atoms with E-state index in [4.69, 9.17) is 9.52 Å². The van der Waals surface area contributed by atoms with Gasteiger partial charge >= 0.3 is 5.97 Å². The molecule has 2 heterocycles. The van der Waals surface area contributed by atoms with E-state index < -0.39 is 5.97 Å². The fourth-order valence-corrected chi connectivity index (χ4v) is 1.67. The molecule has 94 valence electrons. The summed E-state index contributed by atoms with van der Waals surface area (Å²) in [6.45, 7) is 1.23. The minimum absolute atomic E-state index is 0.0313. The van der Waals surface area contributed by atoms with E-state index in [0.29, 0.717) is 18.8 Å². The molecule has 0 saturated heterocycles. The third-order valence-corrected chi connectivity index (χ3v) is 2.46. The smallest absolute Gasteiger partial charge is 0.371 e. The zero-order valence-corrected chi connectivity index (χ0v) is 10.0. The second kappa shape index (κ2) is 5.46. The number of carboxylic acid groups (broad SMARTS) is 1. The highest BCUT2D eigenvalue weighted by molar-refractivity contribution is 5.84. The van der Waals surface area contributed by atoms with Gasteiger partial charge in [0.25, 0.3) is 0 Å². The summed E-state index contributed by atoms with van der Waals surface area (Å²) in [5.41, 5.74) is 0.963. The lowest BCUT2D eigenvalue weighted by Gasteiger charge is -2.14. The fourth-order valence-electron chi connectivity index (χ4n) is 1.67. The molecule has 0 amide bonds. The van der Waals surface area contributed by atoms with Gasteiger partial charge in [-0.05, 0) is 31.3 Å². The van der Waals surface area contributed by atoms with Crippen LogP contribution in [-0.4, -0.2) is 28.0 Å². The predicted molar refractivity (Wildman–Crippen MR) is 65.1 cm³/mol. The first-order valence-corrected chi connectivity index (χ1v) is 5.55. The molecule has 5 heteroatoms. The zero-order chi connectivity index (χ0) is 13.0. The average molecular weight is 246 g/mol. The first-order valence-electron chi connectivity index (χ1n) is 5.55. The lowest BCUT2D eigenvalue weighted by molar-refractivity contribution is 0.0658. The van der Waals surface area contributed by atoms with Gasteiger partial charge in [-0.15, -0.1) is 0 Å². The van der Waals surface area contributed by atoms with Crippen LogP contribution in [0, 0.1) is 0 Å². The van der Waals surface area contributed by atoms with Crippen molar-refractivity contribution in [2.45, 2.75) is 13.1 Å². The Kier molecular flexibility index (Phi) is 3.74. The molecule has 0 aliphatic rings. The first-order chi connectivity index (χ1) is 8.65. The van der Waals surface area contributed by atoms with Gasteiger partial charge in [0, 0.05) is 12.7 Å². The monoisotopic (exact) mass is 246 g/mol. The molecule has 2 aromatic rings. The van der Waals surface area contributed by atoms with Gasteiger partial charge in [0.2, 0.25) is 5.76 Å². The van der Waals surface area contributed by atoms with Gasteiger partial charge in [0.1, 0.15) is 5.76 Å². The number of nitrogens with zero attached hydrogens (tertiary/aromatic N) is 2. The molecule has 0 unspecified atom stereocenters. The summed E-state index contributed by atoms with van der Waals surface area (Å²) in [4.78, 5) is 16.9. The van der Waals surface area contributed by atoms with Crippen molar-refractivity contribution >= 4 is 5.97 Å². The van der Waals surface area contributed by atoms with Crippen LogP contribution in [0.15, 0.2) is 40.9 Å². The van der Waals surface area contributed by atoms with E-state index in [1.54, 1.807) is 12.3 Å². The molecule has 0 fully saturated rings. The van der Waals surface area contributed by atoms with Crippen LogP contribution < -0.4 is 0 Å². The quantitative estimate of drug-likeness (QED) is 0.874. The van der Waals surface area contributed by atoms with Gasteiger partial charge in [-0.1, -0.05) is 6.07 Å². The summed E-state index contributed by atoms with van der Waals surface area (Å²) >= 11 is 0. The van der Waals surface area contributed by atoms with Crippen LogP contribution in [0.3, 0.4) is 0 Å². The summed E-state index contributed by atoms with van der Waals surface area (Å²) in [7, 11) is 1.93. The Hall–Kier alpha value is -2.14. The Morgan fingerprint density at radius 1 is 1.33 bits per heavy atom. The summed E-state index contributed by atoms with van der Waals surface area (Å²) < 4.78 is 5.19. The normalized spacial score (nSPS) is 10.8. The maximum atomic E-state index is 10.7. The average Bonchev–Trinajstić information content (AvgIpc) is 2.78. The number of furan rings is 1. The van der Waals surface area contributed by atoms with Crippen LogP contribution in [0.4, 0.5) is 0 Å². The number of hydrogen-bond donors (Lipinski definition) is 1. The van der Waals surface area contributed by atoms with E-state index in [1.165, 1.54) is 6.07 Å². The number of carboxylic acids is 1. The molecule has 18 heavy (non-hydrogen) atoms. The Morgan fingerprint density at radius 2 is 2.17 bits per heavy atom. The van der Waals surface area contributed by atoms with Gasteiger partial charge in [-0.3, -0.25) is 9.88 Å². The molecule has 0 aromatic carbocycles. The second-order valence-electron chi connectivity index (χ2n) is 4.06. The lowest BCUT2D eigenvalue weighted by Crippen LogP contribution is -2.17. The topological polar surface area (TPSA) is 66.6 Å². The number of hydrogen-bond acceptors (Lipinski definition) is 4. The SMILES string of the molecule is CN(Cc1ccccn1)Cc1ccc(C(=O)O)o1. The van der Waals surface area contributed by atoms with Crippen LogP contribution in [0.5, 0.6) is 0 Å². The Balaban J connectivity index is 1.94. The molecule has 0 aliphatic heterocycles. The third kappa shape index (κ3) is 3.18. The van der Waals surface area contributed by atoms with Crippen LogP contribution in [0.1, 0.15) is 22.0 Å². The largest absolute Gasteiger partial charge is 0.475 e. The van der Waals surface area contributed by atoms with Crippen molar-refractivity contribution < 1.29 is 14.3 Å². The second-order valence-corrected chi connectivity index (χ2v) is 4.06. The van der Waals surface area contributed by atoms with Crippen molar-refractivity contribution in [3.05, 3.63) is 53.7 Å². The molecule has 0 radical (unpaired) electrons. The summed E-state index contributed by atoms with van der Waals surface area (Å²) in [5, 5.41) is 8.75. The molecule has 2 rings (SSSR count). The van der Waals surface area contributed by atoms with E-state index >= 15 is 0 Å². The Bertz CT molecular complexity index is 522. The van der Waals surface area contributed by atoms with Crippen molar-refractivity contribution in [1.82, 2.24) is 9.88 Å². The van der Waals surface area contributed by atoms with Crippen molar-refractivity contribution in [2.75, 3.05) is 7.05 Å². The van der Waals surface area contributed by atoms with E-state index in [1.807, 2.05) is 30.1 Å². The molecule has 0 atom stereocenters. The van der Waals surface area contributed by atoms with E-state index in [0.717, 1.165) is 5.69 Å². The van der Waals surface area contributed by atoms with Gasteiger partial charge in [-0.25, -0.2) is 4.79 Å². The fraction of sp³-hybridized carbons (Fsp3) is 0.231. The molecule has 0 saturated carbocycles. The summed E-state index contributed by atoms with van der Waals surface area (Å²) in [5.74, 6) is -0.448. The molecular weight excluding hydrogens is 232 g/mol. The van der Waals surface area contributed by atoms with Crippen molar-refractivity contribution in [3.8, 4) is 0 Å². The lowest BCUT2D eigenvalue weighted by atomic mass is 10.3. The Morgan fingerprint density at radius 3 is 2.78 bits per heavy atom. The van der Waals surface area contributed by atoms with Crippen LogP contribution in [-0.2, 0) is 13.1 Å². The molecule has 1 N–H and O–H groups in total. The van der Waals surface area contributed by atoms with Crippen LogP contribution >= 0.6 is 0 Å². The molecule has 2 aromatic heterocycles. The Labute approximate surface area is 105 Å². The minimum Gasteiger partial charge on any atom is -0.475 e. The number of rotatable bonds is 5. The summed E-state index contributed by atoms with van der Waals surface area (Å²) in [6, 6.07) is 8.90. The maximum Gasteiger partial charge on any atom is 0.371 e. The highest BCUT2D eigenvalue weighted by Gasteiger charge is 2.10. The van der Waals surface area contributed by atoms with E-state index in [-0.39, 0.29) is 5.76 Å². The van der Waals surface area contributed by atoms with Crippen molar-refractivity contribution in [3.63, 3.8) is 0 Å². The minimum atomic E-state index is -1.05. The molecule has 5 nitrogen and oxygen atoms in total. The standard InChI is InChI=1S/C13H14N2O3/c1-15(8-10-4-2-3-7-14-10)9-11-5-6-12(18-11)13(16)17/h2-7H,8-9H2,1H3,(H,16,17). The van der Waals surface area contributed by atoms with E-state index in [2.05, 4.69) is 4.98 Å². The predicted octanol–water partition coefficient (Wildman–Crippen LogP) is 2.00. The highest BCUT2D eigenvalue weighted by atomic mass is 16.4. The van der Waals surface area contributed by atoms with E-state index in [9.17, 15) is 4.79 Å². The van der Waals surface area contributed by atoms with Gasteiger partial charge in [0.15, 0.2) is 0 Å². The number of aromatic carboxylic acids is 1. The first kappa shape index (κ1) is 12.3. The van der Waals surface area contributed by atoms with Crippen LogP contribution in [0.2, 0.25) is 0 Å².